The zero-order chi connectivity index (χ0) is 15.8. The molecule has 128 valence electrons. The Balaban J connectivity index is 3.00. The van der Waals surface area contributed by atoms with Crippen LogP contribution in [0.3, 0.4) is 0 Å². The lowest BCUT2D eigenvalue weighted by molar-refractivity contribution is -0.332. The van der Waals surface area contributed by atoms with Crippen molar-refractivity contribution in [2.75, 3.05) is 72.7 Å². The van der Waals surface area contributed by atoms with Gasteiger partial charge in [0.2, 0.25) is 0 Å². The summed E-state index contributed by atoms with van der Waals surface area (Å²) in [6, 6.07) is 0. The molecule has 0 aliphatic rings. The molecule has 9 nitrogen and oxygen atoms in total. The largest absolute Gasteiger partial charge is 0.394 e. The Morgan fingerprint density at radius 1 is 0.524 bits per heavy atom. The number of hydrogen-bond acceptors (Lipinski definition) is 9. The van der Waals surface area contributed by atoms with E-state index in [1.807, 2.05) is 0 Å². The molecule has 4 N–H and O–H groups in total. The molecule has 0 unspecified atom stereocenters. The van der Waals surface area contributed by atoms with Crippen LogP contribution in [0.5, 0.6) is 0 Å². The van der Waals surface area contributed by atoms with Crippen LogP contribution in [-0.2, 0) is 23.7 Å². The van der Waals surface area contributed by atoms with Crippen LogP contribution in [0.2, 0.25) is 0 Å². The highest BCUT2D eigenvalue weighted by atomic mass is 16.7. The van der Waals surface area contributed by atoms with Gasteiger partial charge in [-0.15, -0.1) is 0 Å². The third kappa shape index (κ3) is 19.6. The van der Waals surface area contributed by atoms with E-state index in [0.717, 1.165) is 0 Å². The van der Waals surface area contributed by atoms with Gasteiger partial charge < -0.3 is 44.1 Å². The fourth-order valence-electron chi connectivity index (χ4n) is 1.15. The van der Waals surface area contributed by atoms with Gasteiger partial charge in [0, 0.05) is 0 Å². The molecule has 0 heterocycles. The van der Waals surface area contributed by atoms with Crippen molar-refractivity contribution in [3.05, 3.63) is 0 Å². The van der Waals surface area contributed by atoms with Crippen molar-refractivity contribution < 1.29 is 44.1 Å². The van der Waals surface area contributed by atoms with Gasteiger partial charge in [0.05, 0.1) is 66.1 Å². The molecule has 0 radical (unpaired) electrons. The van der Waals surface area contributed by atoms with E-state index >= 15 is 0 Å². The van der Waals surface area contributed by atoms with Gasteiger partial charge in [-0.2, -0.15) is 0 Å². The predicted molar refractivity (Wildman–Crippen MR) is 70.6 cm³/mol. The van der Waals surface area contributed by atoms with Crippen molar-refractivity contribution in [3.63, 3.8) is 0 Å². The Morgan fingerprint density at radius 2 is 0.857 bits per heavy atom. The van der Waals surface area contributed by atoms with E-state index in [0.29, 0.717) is 46.2 Å². The zero-order valence-electron chi connectivity index (χ0n) is 12.1. The van der Waals surface area contributed by atoms with Crippen LogP contribution in [0.4, 0.5) is 0 Å². The molecule has 0 bridgehead atoms. The highest BCUT2D eigenvalue weighted by Crippen LogP contribution is 1.92. The van der Waals surface area contributed by atoms with Crippen molar-refractivity contribution in [2.45, 2.75) is 5.97 Å². The minimum absolute atomic E-state index is 0.00895. The van der Waals surface area contributed by atoms with Crippen molar-refractivity contribution in [2.24, 2.45) is 0 Å². The minimum Gasteiger partial charge on any atom is -0.394 e. The van der Waals surface area contributed by atoms with Gasteiger partial charge in [-0.1, -0.05) is 0 Å². The summed E-state index contributed by atoms with van der Waals surface area (Å²) >= 11 is 0. The lowest BCUT2D eigenvalue weighted by Gasteiger charge is -2.13. The molecule has 0 rings (SSSR count). The lowest BCUT2D eigenvalue weighted by atomic mass is 10.6. The molecule has 9 heteroatoms. The van der Waals surface area contributed by atoms with Crippen LogP contribution < -0.4 is 0 Å². The standard InChI is InChI=1S/C12H26O9/c13-1-2-17-3-4-18-5-6-19-7-8-20-9-10-21-11-12(14,15)16/h13-16H,1-11H2. The summed E-state index contributed by atoms with van der Waals surface area (Å²) in [4.78, 5) is 0. The van der Waals surface area contributed by atoms with Crippen molar-refractivity contribution >= 4 is 0 Å². The first-order valence-corrected chi connectivity index (χ1v) is 6.73. The first-order chi connectivity index (χ1) is 10.1. The topological polar surface area (TPSA) is 127 Å². The quantitative estimate of drug-likeness (QED) is 0.183. The van der Waals surface area contributed by atoms with Gasteiger partial charge >= 0.3 is 0 Å². The zero-order valence-corrected chi connectivity index (χ0v) is 12.1. The summed E-state index contributed by atoms with van der Waals surface area (Å²) in [5.41, 5.74) is 0. The fourth-order valence-corrected chi connectivity index (χ4v) is 1.15. The van der Waals surface area contributed by atoms with E-state index in [1.54, 1.807) is 0 Å². The summed E-state index contributed by atoms with van der Waals surface area (Å²) in [7, 11) is 0. The number of rotatable bonds is 16. The van der Waals surface area contributed by atoms with E-state index in [9.17, 15) is 0 Å². The van der Waals surface area contributed by atoms with Gasteiger partial charge in [-0.05, 0) is 0 Å². The van der Waals surface area contributed by atoms with Gasteiger partial charge in [0.15, 0.2) is 0 Å². The molecular weight excluding hydrogens is 288 g/mol. The van der Waals surface area contributed by atoms with Crippen molar-refractivity contribution in [1.29, 1.82) is 0 Å². The second-order valence-electron chi connectivity index (χ2n) is 4.00. The van der Waals surface area contributed by atoms with Crippen LogP contribution >= 0.6 is 0 Å². The highest BCUT2D eigenvalue weighted by molar-refractivity contribution is 4.42. The van der Waals surface area contributed by atoms with Crippen molar-refractivity contribution in [3.8, 4) is 0 Å². The molecule has 0 aromatic heterocycles. The second-order valence-corrected chi connectivity index (χ2v) is 4.00. The van der Waals surface area contributed by atoms with Gasteiger partial charge in [0.25, 0.3) is 5.97 Å². The molecule has 0 atom stereocenters. The molecular formula is C12H26O9. The summed E-state index contributed by atoms with van der Waals surface area (Å²) in [6.45, 7) is 2.73. The molecule has 0 aromatic carbocycles. The van der Waals surface area contributed by atoms with E-state index in [4.69, 9.17) is 44.1 Å². The Morgan fingerprint density at radius 3 is 1.19 bits per heavy atom. The Kier molecular flexibility index (Phi) is 14.3. The molecule has 0 spiro atoms. The fraction of sp³-hybridized carbons (Fsp3) is 1.00. The highest BCUT2D eigenvalue weighted by Gasteiger charge is 2.17. The van der Waals surface area contributed by atoms with Crippen LogP contribution in [-0.4, -0.2) is 99.1 Å². The molecule has 0 fully saturated rings. The maximum Gasteiger partial charge on any atom is 0.300 e. The summed E-state index contributed by atoms with van der Waals surface area (Å²) < 4.78 is 25.3. The maximum absolute atomic E-state index is 8.52. The third-order valence-electron chi connectivity index (χ3n) is 2.02. The summed E-state index contributed by atoms with van der Waals surface area (Å²) in [6.07, 6.45) is 0. The molecule has 0 aromatic rings. The molecule has 0 saturated heterocycles. The Labute approximate surface area is 123 Å². The van der Waals surface area contributed by atoms with E-state index < -0.39 is 12.6 Å². The summed E-state index contributed by atoms with van der Waals surface area (Å²) in [5.74, 6) is -2.80. The first kappa shape index (κ1) is 20.6. The molecule has 0 amide bonds. The van der Waals surface area contributed by atoms with Crippen molar-refractivity contribution in [1.82, 2.24) is 0 Å². The molecule has 0 aliphatic carbocycles. The monoisotopic (exact) mass is 314 g/mol. The van der Waals surface area contributed by atoms with Crippen LogP contribution in [0.1, 0.15) is 0 Å². The normalized spacial score (nSPS) is 12.0. The lowest BCUT2D eigenvalue weighted by Crippen LogP contribution is -2.33. The third-order valence-corrected chi connectivity index (χ3v) is 2.02. The van der Waals surface area contributed by atoms with Gasteiger partial charge in [-0.25, -0.2) is 0 Å². The predicted octanol–water partition coefficient (Wildman–Crippen LogP) is -2.31. The average molecular weight is 314 g/mol. The van der Waals surface area contributed by atoms with E-state index in [2.05, 4.69) is 0 Å². The average Bonchev–Trinajstić information content (AvgIpc) is 2.42. The molecule has 0 saturated carbocycles. The van der Waals surface area contributed by atoms with E-state index in [-0.39, 0.29) is 19.8 Å². The first-order valence-electron chi connectivity index (χ1n) is 6.73. The number of ether oxygens (including phenoxy) is 5. The smallest absolute Gasteiger partial charge is 0.300 e. The number of aliphatic hydroxyl groups excluding tert-OH is 1. The number of hydrogen-bond donors (Lipinski definition) is 4. The maximum atomic E-state index is 8.52. The minimum atomic E-state index is -2.80. The molecule has 21 heavy (non-hydrogen) atoms. The molecule has 0 aliphatic heterocycles. The van der Waals surface area contributed by atoms with E-state index in [1.165, 1.54) is 0 Å². The van der Waals surface area contributed by atoms with Crippen LogP contribution in [0.25, 0.3) is 0 Å². The van der Waals surface area contributed by atoms with Crippen LogP contribution in [0.15, 0.2) is 0 Å². The van der Waals surface area contributed by atoms with Gasteiger partial charge in [0.1, 0.15) is 6.61 Å². The summed E-state index contributed by atoms with van der Waals surface area (Å²) in [5, 5.41) is 34.0. The number of aliphatic hydroxyl groups is 4. The van der Waals surface area contributed by atoms with Crippen LogP contribution in [0, 0.1) is 0 Å². The Bertz CT molecular complexity index is 207. The SMILES string of the molecule is OCCOCCOCCOCCOCCOCC(O)(O)O. The Hall–Kier alpha value is -0.360. The van der Waals surface area contributed by atoms with Gasteiger partial charge in [-0.3, -0.25) is 0 Å². The second kappa shape index (κ2) is 14.6.